The van der Waals surface area contributed by atoms with Crippen molar-refractivity contribution < 1.29 is 5.11 Å². The lowest BCUT2D eigenvalue weighted by Crippen LogP contribution is -2.07. The minimum Gasteiger partial charge on any atom is -0.384 e. The van der Waals surface area contributed by atoms with E-state index in [2.05, 4.69) is 23.2 Å². The standard InChI is InChI=1S/C22H18ClNO2/c23-17-9-6-15(7-10-17)22(26)16-8-11-20-19(12-16)18(13-21(25)24-20)14-4-2-1-3-5-14/h2,4-13,22,26H,1,3H2,(H,24,25). The van der Waals surface area contributed by atoms with Gasteiger partial charge in [0.05, 0.1) is 0 Å². The van der Waals surface area contributed by atoms with Crippen LogP contribution in [0.1, 0.15) is 35.6 Å². The molecule has 2 aromatic carbocycles. The Kier molecular flexibility index (Phi) is 4.49. The van der Waals surface area contributed by atoms with Crippen molar-refractivity contribution in [3.63, 3.8) is 0 Å². The number of rotatable bonds is 3. The highest BCUT2D eigenvalue weighted by atomic mass is 35.5. The molecule has 1 aromatic heterocycles. The van der Waals surface area contributed by atoms with Gasteiger partial charge in [0, 0.05) is 22.0 Å². The lowest BCUT2D eigenvalue weighted by atomic mass is 9.94. The summed E-state index contributed by atoms with van der Waals surface area (Å²) >= 11 is 5.93. The van der Waals surface area contributed by atoms with E-state index in [0.29, 0.717) is 5.02 Å². The molecule has 26 heavy (non-hydrogen) atoms. The van der Waals surface area contributed by atoms with Gasteiger partial charge in [-0.05, 0) is 59.4 Å². The Morgan fingerprint density at radius 2 is 1.77 bits per heavy atom. The summed E-state index contributed by atoms with van der Waals surface area (Å²) in [5.74, 6) is 0. The van der Waals surface area contributed by atoms with Gasteiger partial charge in [0.2, 0.25) is 5.56 Å². The fraction of sp³-hybridized carbons (Fsp3) is 0.136. The molecule has 3 nitrogen and oxygen atoms in total. The zero-order chi connectivity index (χ0) is 18.1. The number of hydrogen-bond donors (Lipinski definition) is 2. The van der Waals surface area contributed by atoms with Crippen molar-refractivity contribution in [2.24, 2.45) is 0 Å². The monoisotopic (exact) mass is 363 g/mol. The lowest BCUT2D eigenvalue weighted by molar-refractivity contribution is 0.220. The number of aliphatic hydroxyl groups excluding tert-OH is 1. The molecule has 3 aromatic rings. The molecule has 2 N–H and O–H groups in total. The molecule has 0 saturated heterocycles. The topological polar surface area (TPSA) is 53.1 Å². The summed E-state index contributed by atoms with van der Waals surface area (Å²) in [5, 5.41) is 12.3. The highest BCUT2D eigenvalue weighted by molar-refractivity contribution is 6.30. The highest BCUT2D eigenvalue weighted by Gasteiger charge is 2.14. The number of aliphatic hydroxyl groups is 1. The number of hydrogen-bond acceptors (Lipinski definition) is 2. The average Bonchev–Trinajstić information content (AvgIpc) is 2.68. The van der Waals surface area contributed by atoms with Crippen LogP contribution >= 0.6 is 11.6 Å². The summed E-state index contributed by atoms with van der Waals surface area (Å²) in [7, 11) is 0. The molecule has 1 atom stereocenters. The van der Waals surface area contributed by atoms with Gasteiger partial charge < -0.3 is 10.1 Å². The molecule has 130 valence electrons. The Hall–Kier alpha value is -2.62. The van der Waals surface area contributed by atoms with E-state index in [4.69, 9.17) is 11.6 Å². The second-order valence-corrected chi connectivity index (χ2v) is 6.88. The number of benzene rings is 2. The van der Waals surface area contributed by atoms with E-state index in [-0.39, 0.29) is 5.56 Å². The molecule has 0 spiro atoms. The van der Waals surface area contributed by atoms with Crippen LogP contribution in [-0.4, -0.2) is 10.1 Å². The van der Waals surface area contributed by atoms with Gasteiger partial charge in [-0.2, -0.15) is 0 Å². The first-order valence-electron chi connectivity index (χ1n) is 8.59. The van der Waals surface area contributed by atoms with Gasteiger partial charge in [0.15, 0.2) is 0 Å². The van der Waals surface area contributed by atoms with Crippen LogP contribution in [0.2, 0.25) is 5.02 Å². The van der Waals surface area contributed by atoms with Crippen molar-refractivity contribution in [1.82, 2.24) is 4.98 Å². The van der Waals surface area contributed by atoms with Crippen molar-refractivity contribution in [3.05, 3.63) is 98.8 Å². The Balaban J connectivity index is 1.84. The van der Waals surface area contributed by atoms with Gasteiger partial charge in [-0.1, -0.05) is 48.0 Å². The first-order valence-corrected chi connectivity index (χ1v) is 8.97. The summed E-state index contributed by atoms with van der Waals surface area (Å²) in [5.41, 5.74) is 4.12. The van der Waals surface area contributed by atoms with Crippen LogP contribution in [0, 0.1) is 0 Å². The number of fused-ring (bicyclic) bond motifs is 1. The second-order valence-electron chi connectivity index (χ2n) is 6.45. The van der Waals surface area contributed by atoms with Crippen molar-refractivity contribution in [1.29, 1.82) is 0 Å². The van der Waals surface area contributed by atoms with Gasteiger partial charge in [0.1, 0.15) is 6.10 Å². The minimum absolute atomic E-state index is 0.127. The Morgan fingerprint density at radius 1 is 1.00 bits per heavy atom. The zero-order valence-electron chi connectivity index (χ0n) is 14.1. The summed E-state index contributed by atoms with van der Waals surface area (Å²) < 4.78 is 0. The summed E-state index contributed by atoms with van der Waals surface area (Å²) in [6.45, 7) is 0. The maximum atomic E-state index is 12.1. The fourth-order valence-electron chi connectivity index (χ4n) is 3.33. The molecule has 0 radical (unpaired) electrons. The van der Waals surface area contributed by atoms with Crippen LogP contribution in [0.4, 0.5) is 0 Å². The number of allylic oxidation sites excluding steroid dienone is 4. The van der Waals surface area contributed by atoms with Crippen molar-refractivity contribution in [3.8, 4) is 0 Å². The van der Waals surface area contributed by atoms with E-state index in [1.807, 2.05) is 30.3 Å². The lowest BCUT2D eigenvalue weighted by Gasteiger charge is -2.15. The quantitative estimate of drug-likeness (QED) is 0.688. The molecule has 1 unspecified atom stereocenters. The average molecular weight is 364 g/mol. The molecule has 0 fully saturated rings. The predicted molar refractivity (Wildman–Crippen MR) is 106 cm³/mol. The molecule has 1 aliphatic rings. The van der Waals surface area contributed by atoms with Gasteiger partial charge in [-0.25, -0.2) is 0 Å². The van der Waals surface area contributed by atoms with Gasteiger partial charge in [0.25, 0.3) is 0 Å². The zero-order valence-corrected chi connectivity index (χ0v) is 14.8. The number of pyridine rings is 1. The van der Waals surface area contributed by atoms with Crippen LogP contribution in [0.25, 0.3) is 16.5 Å². The number of aromatic nitrogens is 1. The first-order chi connectivity index (χ1) is 12.6. The minimum atomic E-state index is -0.757. The SMILES string of the molecule is O=c1cc(C2=CCCC=C2)c2cc(C(O)c3ccc(Cl)cc3)ccc2[nH]1. The Morgan fingerprint density at radius 3 is 2.50 bits per heavy atom. The fourth-order valence-corrected chi connectivity index (χ4v) is 3.46. The van der Waals surface area contributed by atoms with Crippen LogP contribution in [0.3, 0.4) is 0 Å². The van der Waals surface area contributed by atoms with Crippen molar-refractivity contribution in [2.45, 2.75) is 18.9 Å². The summed E-state index contributed by atoms with van der Waals surface area (Å²) in [6.07, 6.45) is 7.55. The smallest absolute Gasteiger partial charge is 0.249 e. The van der Waals surface area contributed by atoms with E-state index < -0.39 is 6.10 Å². The van der Waals surface area contributed by atoms with E-state index >= 15 is 0 Å². The molecular weight excluding hydrogens is 346 g/mol. The third-order valence-electron chi connectivity index (χ3n) is 4.67. The predicted octanol–water partition coefficient (Wildman–Crippen LogP) is 5.00. The van der Waals surface area contributed by atoms with Crippen molar-refractivity contribution in [2.75, 3.05) is 0 Å². The number of H-pyrrole nitrogens is 1. The van der Waals surface area contributed by atoms with Crippen LogP contribution < -0.4 is 5.56 Å². The molecule has 0 aliphatic heterocycles. The molecule has 1 aliphatic carbocycles. The van der Waals surface area contributed by atoms with Gasteiger partial charge in [-0.15, -0.1) is 0 Å². The Labute approximate surface area is 156 Å². The molecule has 4 heteroatoms. The normalized spacial score (nSPS) is 15.1. The van der Waals surface area contributed by atoms with E-state index in [9.17, 15) is 9.90 Å². The number of halogens is 1. The third kappa shape index (κ3) is 3.24. The molecular formula is C22H18ClNO2. The molecule has 4 rings (SSSR count). The number of nitrogens with one attached hydrogen (secondary N) is 1. The summed E-state index contributed by atoms with van der Waals surface area (Å²) in [4.78, 5) is 14.9. The first kappa shape index (κ1) is 16.8. The molecule has 1 heterocycles. The largest absolute Gasteiger partial charge is 0.384 e. The maximum Gasteiger partial charge on any atom is 0.249 e. The number of aromatic amines is 1. The van der Waals surface area contributed by atoms with Crippen LogP contribution in [-0.2, 0) is 0 Å². The highest BCUT2D eigenvalue weighted by Crippen LogP contribution is 2.30. The second kappa shape index (κ2) is 6.94. The van der Waals surface area contributed by atoms with E-state index in [0.717, 1.165) is 46.0 Å². The summed E-state index contributed by atoms with van der Waals surface area (Å²) in [6, 6.07) is 14.4. The molecule has 0 saturated carbocycles. The van der Waals surface area contributed by atoms with Crippen LogP contribution in [0.15, 0.2) is 71.6 Å². The molecule has 0 amide bonds. The maximum absolute atomic E-state index is 12.1. The molecule has 0 bridgehead atoms. The van der Waals surface area contributed by atoms with E-state index in [1.165, 1.54) is 0 Å². The third-order valence-corrected chi connectivity index (χ3v) is 4.93. The van der Waals surface area contributed by atoms with Gasteiger partial charge in [-0.3, -0.25) is 4.79 Å². The van der Waals surface area contributed by atoms with Gasteiger partial charge >= 0.3 is 0 Å². The Bertz CT molecular complexity index is 1080. The van der Waals surface area contributed by atoms with Crippen LogP contribution in [0.5, 0.6) is 0 Å². The van der Waals surface area contributed by atoms with E-state index in [1.54, 1.807) is 18.2 Å². The van der Waals surface area contributed by atoms with Crippen molar-refractivity contribution >= 4 is 28.1 Å².